The van der Waals surface area contributed by atoms with Gasteiger partial charge in [0.05, 0.1) is 5.56 Å². The quantitative estimate of drug-likeness (QED) is 0.830. The van der Waals surface area contributed by atoms with E-state index in [0.717, 1.165) is 18.4 Å². The fourth-order valence-corrected chi connectivity index (χ4v) is 3.90. The topological polar surface area (TPSA) is 38.0 Å². The van der Waals surface area contributed by atoms with Gasteiger partial charge in [0.1, 0.15) is 4.99 Å². The summed E-state index contributed by atoms with van der Waals surface area (Å²) in [5.41, 5.74) is 5.01. The Balaban J connectivity index is 1.85. The normalized spacial score (nSPS) is 27.9. The second-order valence-corrected chi connectivity index (χ2v) is 6.49. The molecule has 21 heavy (non-hydrogen) atoms. The minimum Gasteiger partial charge on any atom is -0.389 e. The molecule has 0 aliphatic heterocycles. The van der Waals surface area contributed by atoms with Crippen molar-refractivity contribution in [3.05, 3.63) is 29.3 Å². The maximum atomic E-state index is 13.1. The van der Waals surface area contributed by atoms with Crippen molar-refractivity contribution in [2.45, 2.75) is 37.9 Å². The van der Waals surface area contributed by atoms with E-state index in [2.05, 4.69) is 5.32 Å². The molecule has 2 aliphatic rings. The Hall–Kier alpha value is -1.30. The van der Waals surface area contributed by atoms with E-state index < -0.39 is 11.7 Å². The summed E-state index contributed by atoms with van der Waals surface area (Å²) in [5, 5.41) is 3.27. The standard InChI is InChI=1S/C15H17F3N2S/c16-15(17,18)12-7-10(3-4-11(12)14(19)21)20-13-6-8-1-2-9(13)5-8/h3-4,7-9,13,20H,1-2,5-6H2,(H2,19,21). The van der Waals surface area contributed by atoms with Crippen LogP contribution in [0.1, 0.15) is 36.8 Å². The fraction of sp³-hybridized carbons (Fsp3) is 0.533. The van der Waals surface area contributed by atoms with Crippen LogP contribution in [0.4, 0.5) is 18.9 Å². The Kier molecular flexibility index (Phi) is 3.59. The molecule has 2 saturated carbocycles. The van der Waals surface area contributed by atoms with Gasteiger partial charge < -0.3 is 11.1 Å². The van der Waals surface area contributed by atoms with Crippen LogP contribution in [0.3, 0.4) is 0 Å². The van der Waals surface area contributed by atoms with Gasteiger partial charge in [-0.25, -0.2) is 0 Å². The third kappa shape index (κ3) is 2.86. The fourth-order valence-electron chi connectivity index (χ4n) is 3.72. The van der Waals surface area contributed by atoms with Crippen LogP contribution in [-0.2, 0) is 6.18 Å². The van der Waals surface area contributed by atoms with E-state index >= 15 is 0 Å². The first-order valence-electron chi connectivity index (χ1n) is 7.12. The lowest BCUT2D eigenvalue weighted by Crippen LogP contribution is -2.26. The van der Waals surface area contributed by atoms with Gasteiger partial charge in [-0.05, 0) is 49.3 Å². The van der Waals surface area contributed by atoms with Crippen LogP contribution in [0.2, 0.25) is 0 Å². The minimum atomic E-state index is -4.45. The maximum Gasteiger partial charge on any atom is 0.417 e. The van der Waals surface area contributed by atoms with Crippen LogP contribution in [0.5, 0.6) is 0 Å². The molecule has 6 heteroatoms. The molecule has 0 heterocycles. The molecule has 0 radical (unpaired) electrons. The third-order valence-corrected chi connectivity index (χ3v) is 4.90. The molecular weight excluding hydrogens is 297 g/mol. The summed E-state index contributed by atoms with van der Waals surface area (Å²) < 4.78 is 39.3. The molecule has 114 valence electrons. The molecule has 3 atom stereocenters. The molecule has 3 unspecified atom stereocenters. The van der Waals surface area contributed by atoms with E-state index in [0.29, 0.717) is 17.6 Å². The van der Waals surface area contributed by atoms with Crippen LogP contribution < -0.4 is 11.1 Å². The molecule has 0 aromatic heterocycles. The van der Waals surface area contributed by atoms with Crippen molar-refractivity contribution < 1.29 is 13.2 Å². The van der Waals surface area contributed by atoms with Crippen LogP contribution >= 0.6 is 12.2 Å². The minimum absolute atomic E-state index is 0.115. The summed E-state index contributed by atoms with van der Waals surface area (Å²) in [6.45, 7) is 0. The lowest BCUT2D eigenvalue weighted by Gasteiger charge is -2.25. The molecule has 1 aromatic rings. The van der Waals surface area contributed by atoms with Gasteiger partial charge in [0, 0.05) is 17.3 Å². The summed E-state index contributed by atoms with van der Waals surface area (Å²) in [6.07, 6.45) is 0.249. The average molecular weight is 314 g/mol. The number of hydrogen-bond donors (Lipinski definition) is 2. The number of alkyl halides is 3. The van der Waals surface area contributed by atoms with Crippen molar-refractivity contribution in [3.8, 4) is 0 Å². The van der Waals surface area contributed by atoms with Crippen molar-refractivity contribution in [3.63, 3.8) is 0 Å². The summed E-state index contributed by atoms with van der Waals surface area (Å²) in [4.78, 5) is -0.228. The summed E-state index contributed by atoms with van der Waals surface area (Å²) in [5.74, 6) is 1.34. The van der Waals surface area contributed by atoms with Gasteiger partial charge in [0.2, 0.25) is 0 Å². The van der Waals surface area contributed by atoms with E-state index in [1.54, 1.807) is 6.07 Å². The molecule has 2 fully saturated rings. The highest BCUT2D eigenvalue weighted by molar-refractivity contribution is 7.80. The number of hydrogen-bond acceptors (Lipinski definition) is 2. The van der Waals surface area contributed by atoms with Crippen molar-refractivity contribution in [2.75, 3.05) is 5.32 Å². The Morgan fingerprint density at radius 3 is 2.52 bits per heavy atom. The Morgan fingerprint density at radius 2 is 2.00 bits per heavy atom. The molecule has 3 N–H and O–H groups in total. The number of thiocarbonyl (C=S) groups is 1. The summed E-state index contributed by atoms with van der Waals surface area (Å²) in [6, 6.07) is 4.41. The first-order valence-corrected chi connectivity index (χ1v) is 7.53. The molecule has 0 amide bonds. The average Bonchev–Trinajstić information content (AvgIpc) is 2.99. The van der Waals surface area contributed by atoms with Crippen LogP contribution in [-0.4, -0.2) is 11.0 Å². The Labute approximate surface area is 126 Å². The lowest BCUT2D eigenvalue weighted by molar-refractivity contribution is -0.137. The van der Waals surface area contributed by atoms with E-state index in [-0.39, 0.29) is 10.6 Å². The maximum absolute atomic E-state index is 13.1. The van der Waals surface area contributed by atoms with Crippen molar-refractivity contribution >= 4 is 22.9 Å². The van der Waals surface area contributed by atoms with Gasteiger partial charge in [0.15, 0.2) is 0 Å². The van der Waals surface area contributed by atoms with Crippen LogP contribution in [0.15, 0.2) is 18.2 Å². The number of anilines is 1. The zero-order valence-electron chi connectivity index (χ0n) is 11.4. The second kappa shape index (κ2) is 5.16. The number of nitrogens with one attached hydrogen (secondary N) is 1. The first kappa shape index (κ1) is 14.6. The summed E-state index contributed by atoms with van der Waals surface area (Å²) >= 11 is 4.71. The van der Waals surface area contributed by atoms with Gasteiger partial charge in [-0.1, -0.05) is 18.6 Å². The Bertz CT molecular complexity index is 571. The van der Waals surface area contributed by atoms with Gasteiger partial charge in [-0.3, -0.25) is 0 Å². The van der Waals surface area contributed by atoms with E-state index in [1.807, 2.05) is 0 Å². The largest absolute Gasteiger partial charge is 0.417 e. The monoisotopic (exact) mass is 314 g/mol. The number of halogens is 3. The number of nitrogens with two attached hydrogens (primary N) is 1. The molecule has 0 spiro atoms. The van der Waals surface area contributed by atoms with E-state index in [9.17, 15) is 13.2 Å². The first-order chi connectivity index (χ1) is 9.84. The van der Waals surface area contributed by atoms with Crippen LogP contribution in [0, 0.1) is 11.8 Å². The molecule has 1 aromatic carbocycles. The van der Waals surface area contributed by atoms with Gasteiger partial charge in [-0.2, -0.15) is 13.2 Å². The third-order valence-electron chi connectivity index (χ3n) is 4.68. The highest BCUT2D eigenvalue weighted by Gasteiger charge is 2.40. The highest BCUT2D eigenvalue weighted by Crippen LogP contribution is 2.45. The predicted octanol–water partition coefficient (Wildman–Crippen LogP) is 3.94. The zero-order valence-corrected chi connectivity index (χ0v) is 12.2. The molecule has 2 nitrogen and oxygen atoms in total. The van der Waals surface area contributed by atoms with E-state index in [1.165, 1.54) is 25.3 Å². The molecule has 2 aliphatic carbocycles. The smallest absolute Gasteiger partial charge is 0.389 e. The van der Waals surface area contributed by atoms with Crippen molar-refractivity contribution in [1.82, 2.24) is 0 Å². The molecule has 2 bridgehead atoms. The molecular formula is C15H17F3N2S. The van der Waals surface area contributed by atoms with Gasteiger partial charge >= 0.3 is 6.18 Å². The predicted molar refractivity (Wildman–Crippen MR) is 80.2 cm³/mol. The number of rotatable bonds is 3. The van der Waals surface area contributed by atoms with Crippen molar-refractivity contribution in [1.29, 1.82) is 0 Å². The van der Waals surface area contributed by atoms with Crippen molar-refractivity contribution in [2.24, 2.45) is 17.6 Å². The SMILES string of the molecule is NC(=S)c1ccc(NC2CC3CCC2C3)cc1C(F)(F)F. The number of fused-ring (bicyclic) bond motifs is 2. The summed E-state index contributed by atoms with van der Waals surface area (Å²) in [7, 11) is 0. The van der Waals surface area contributed by atoms with E-state index in [4.69, 9.17) is 18.0 Å². The second-order valence-electron chi connectivity index (χ2n) is 6.05. The molecule has 0 saturated heterocycles. The molecule has 3 rings (SSSR count). The van der Waals surface area contributed by atoms with Crippen LogP contribution in [0.25, 0.3) is 0 Å². The Morgan fingerprint density at radius 1 is 1.24 bits per heavy atom. The highest BCUT2D eigenvalue weighted by atomic mass is 32.1. The lowest BCUT2D eigenvalue weighted by atomic mass is 9.95. The number of benzene rings is 1. The van der Waals surface area contributed by atoms with Gasteiger partial charge in [0.25, 0.3) is 0 Å². The zero-order chi connectivity index (χ0) is 15.2. The van der Waals surface area contributed by atoms with Gasteiger partial charge in [-0.15, -0.1) is 0 Å².